The number of hydrogen-bond acceptors (Lipinski definition) is 4. The number of phenolic OH excluding ortho intramolecular Hbond substituents is 1. The van der Waals surface area contributed by atoms with Crippen LogP contribution < -0.4 is 10.6 Å². The van der Waals surface area contributed by atoms with E-state index in [-0.39, 0.29) is 17.6 Å². The van der Waals surface area contributed by atoms with E-state index >= 15 is 0 Å². The molecule has 1 heterocycles. The Labute approximate surface area is 155 Å². The zero-order chi connectivity index (χ0) is 18.4. The number of thiophene rings is 1. The molecule has 0 saturated carbocycles. The molecule has 2 aromatic carbocycles. The van der Waals surface area contributed by atoms with E-state index in [1.807, 2.05) is 35.7 Å². The molecule has 0 radical (unpaired) electrons. The van der Waals surface area contributed by atoms with Crippen LogP contribution in [0.4, 0.5) is 5.69 Å². The summed E-state index contributed by atoms with van der Waals surface area (Å²) in [7, 11) is 0. The largest absolute Gasteiger partial charge is 0.506 e. The van der Waals surface area contributed by atoms with Crippen molar-refractivity contribution >= 4 is 28.8 Å². The van der Waals surface area contributed by atoms with Crippen molar-refractivity contribution in [2.45, 2.75) is 12.5 Å². The minimum Gasteiger partial charge on any atom is -0.506 e. The molecule has 5 nitrogen and oxygen atoms in total. The lowest BCUT2D eigenvalue weighted by Crippen LogP contribution is -2.45. The summed E-state index contributed by atoms with van der Waals surface area (Å²) in [6, 6.07) is 18.7. The number of carbonyl (C=O) groups excluding carboxylic acids is 2. The number of hydrogen-bond donors (Lipinski definition) is 3. The predicted molar refractivity (Wildman–Crippen MR) is 102 cm³/mol. The fraction of sp³-hybridized carbons (Fsp3) is 0.100. The van der Waals surface area contributed by atoms with Crippen LogP contribution in [0, 0.1) is 0 Å². The normalized spacial score (nSPS) is 11.5. The van der Waals surface area contributed by atoms with Gasteiger partial charge in [0.15, 0.2) is 0 Å². The Morgan fingerprint density at radius 2 is 1.69 bits per heavy atom. The van der Waals surface area contributed by atoms with Crippen LogP contribution in [0.15, 0.2) is 72.1 Å². The minimum absolute atomic E-state index is 0.0242. The Kier molecular flexibility index (Phi) is 5.66. The Balaban J connectivity index is 1.78. The van der Waals surface area contributed by atoms with E-state index in [4.69, 9.17) is 0 Å². The lowest BCUT2D eigenvalue weighted by Gasteiger charge is -2.19. The quantitative estimate of drug-likeness (QED) is 0.585. The number of benzene rings is 2. The maximum atomic E-state index is 12.7. The Morgan fingerprint density at radius 3 is 2.38 bits per heavy atom. The number of para-hydroxylation sites is 2. The highest BCUT2D eigenvalue weighted by molar-refractivity contribution is 7.12. The second kappa shape index (κ2) is 8.31. The van der Waals surface area contributed by atoms with Gasteiger partial charge in [-0.3, -0.25) is 9.59 Å². The van der Waals surface area contributed by atoms with Gasteiger partial charge >= 0.3 is 0 Å². The van der Waals surface area contributed by atoms with E-state index in [9.17, 15) is 14.7 Å². The molecule has 0 aliphatic heterocycles. The molecule has 0 fully saturated rings. The first-order valence-corrected chi connectivity index (χ1v) is 8.98. The third-order valence-electron chi connectivity index (χ3n) is 3.81. The molecule has 1 atom stereocenters. The van der Waals surface area contributed by atoms with Crippen LogP contribution in [-0.4, -0.2) is 23.0 Å². The number of amides is 2. The molecule has 3 N–H and O–H groups in total. The standard InChI is InChI=1S/C20H18N2O3S/c23-17-10-5-4-9-15(17)21-19(24)16(13-14-7-2-1-3-8-14)22-20(25)18-11-6-12-26-18/h1-12,16,23H,13H2,(H,21,24)(H,22,25)/t16-/m0/s1. The van der Waals surface area contributed by atoms with Gasteiger partial charge in [-0.1, -0.05) is 48.5 Å². The van der Waals surface area contributed by atoms with Gasteiger partial charge in [0.05, 0.1) is 10.6 Å². The average molecular weight is 366 g/mol. The van der Waals surface area contributed by atoms with Crippen molar-refractivity contribution in [2.75, 3.05) is 5.32 Å². The predicted octanol–water partition coefficient (Wildman–Crippen LogP) is 3.43. The molecule has 0 aliphatic rings. The van der Waals surface area contributed by atoms with Gasteiger partial charge in [0, 0.05) is 6.42 Å². The molecule has 0 aliphatic carbocycles. The van der Waals surface area contributed by atoms with Crippen molar-refractivity contribution < 1.29 is 14.7 Å². The number of carbonyl (C=O) groups is 2. The fourth-order valence-electron chi connectivity index (χ4n) is 2.50. The zero-order valence-corrected chi connectivity index (χ0v) is 14.7. The molecule has 3 rings (SSSR count). The van der Waals surface area contributed by atoms with Crippen LogP contribution in [0.1, 0.15) is 15.2 Å². The SMILES string of the molecule is O=C(N[C@@H](Cc1ccccc1)C(=O)Nc1ccccc1O)c1cccs1. The van der Waals surface area contributed by atoms with Crippen LogP contribution in [0.2, 0.25) is 0 Å². The van der Waals surface area contributed by atoms with E-state index in [2.05, 4.69) is 10.6 Å². The molecule has 0 unspecified atom stereocenters. The molecule has 0 saturated heterocycles. The topological polar surface area (TPSA) is 78.4 Å². The number of aromatic hydroxyl groups is 1. The van der Waals surface area contributed by atoms with Gasteiger partial charge in [-0.15, -0.1) is 11.3 Å². The summed E-state index contributed by atoms with van der Waals surface area (Å²) in [4.78, 5) is 25.7. The molecule has 132 valence electrons. The van der Waals surface area contributed by atoms with Crippen LogP contribution in [0.5, 0.6) is 5.75 Å². The highest BCUT2D eigenvalue weighted by Gasteiger charge is 2.23. The molecule has 6 heteroatoms. The maximum Gasteiger partial charge on any atom is 0.262 e. The number of rotatable bonds is 6. The first kappa shape index (κ1) is 17.7. The van der Waals surface area contributed by atoms with Crippen LogP contribution >= 0.6 is 11.3 Å². The summed E-state index contributed by atoms with van der Waals surface area (Å²) in [5.41, 5.74) is 1.23. The van der Waals surface area contributed by atoms with E-state index in [0.717, 1.165) is 5.56 Å². The van der Waals surface area contributed by atoms with E-state index in [1.54, 1.807) is 30.3 Å². The Morgan fingerprint density at radius 1 is 0.962 bits per heavy atom. The number of phenols is 1. The van der Waals surface area contributed by atoms with E-state index in [1.165, 1.54) is 17.4 Å². The van der Waals surface area contributed by atoms with Crippen LogP contribution in [0.25, 0.3) is 0 Å². The van der Waals surface area contributed by atoms with Crippen molar-refractivity contribution in [3.63, 3.8) is 0 Å². The van der Waals surface area contributed by atoms with Gasteiger partial charge < -0.3 is 15.7 Å². The lowest BCUT2D eigenvalue weighted by atomic mass is 10.0. The number of anilines is 1. The van der Waals surface area contributed by atoms with Gasteiger partial charge in [0.25, 0.3) is 5.91 Å². The van der Waals surface area contributed by atoms with Crippen molar-refractivity contribution in [3.8, 4) is 5.75 Å². The summed E-state index contributed by atoms with van der Waals surface area (Å²) in [5.74, 6) is -0.711. The van der Waals surface area contributed by atoms with Crippen LogP contribution in [0.3, 0.4) is 0 Å². The summed E-state index contributed by atoms with van der Waals surface area (Å²) in [5, 5.41) is 17.1. The Bertz CT molecular complexity index is 879. The van der Waals surface area contributed by atoms with Gasteiger partial charge in [-0.25, -0.2) is 0 Å². The monoisotopic (exact) mass is 366 g/mol. The first-order valence-electron chi connectivity index (χ1n) is 8.10. The highest BCUT2D eigenvalue weighted by atomic mass is 32.1. The van der Waals surface area contributed by atoms with Crippen molar-refractivity contribution in [1.82, 2.24) is 5.32 Å². The lowest BCUT2D eigenvalue weighted by molar-refractivity contribution is -0.118. The maximum absolute atomic E-state index is 12.7. The van der Waals surface area contributed by atoms with E-state index in [0.29, 0.717) is 17.0 Å². The second-order valence-electron chi connectivity index (χ2n) is 5.70. The van der Waals surface area contributed by atoms with Gasteiger partial charge in [-0.2, -0.15) is 0 Å². The molecule has 3 aromatic rings. The molecule has 0 bridgehead atoms. The second-order valence-corrected chi connectivity index (χ2v) is 6.65. The summed E-state index contributed by atoms with van der Waals surface area (Å²) < 4.78 is 0. The third kappa shape index (κ3) is 4.49. The summed E-state index contributed by atoms with van der Waals surface area (Å²) in [6.45, 7) is 0. The van der Waals surface area contributed by atoms with E-state index < -0.39 is 6.04 Å². The summed E-state index contributed by atoms with van der Waals surface area (Å²) in [6.07, 6.45) is 0.345. The van der Waals surface area contributed by atoms with Crippen molar-refractivity contribution in [3.05, 3.63) is 82.6 Å². The molecule has 1 aromatic heterocycles. The van der Waals surface area contributed by atoms with Gasteiger partial charge in [0.1, 0.15) is 11.8 Å². The van der Waals surface area contributed by atoms with Gasteiger partial charge in [0.2, 0.25) is 5.91 Å². The minimum atomic E-state index is -0.772. The molecule has 26 heavy (non-hydrogen) atoms. The molecule has 2 amide bonds. The highest BCUT2D eigenvalue weighted by Crippen LogP contribution is 2.22. The van der Waals surface area contributed by atoms with Crippen LogP contribution in [-0.2, 0) is 11.2 Å². The zero-order valence-electron chi connectivity index (χ0n) is 13.9. The molecular formula is C20H18N2O3S. The number of nitrogens with one attached hydrogen (secondary N) is 2. The van der Waals surface area contributed by atoms with Crippen molar-refractivity contribution in [2.24, 2.45) is 0 Å². The smallest absolute Gasteiger partial charge is 0.262 e. The Hall–Kier alpha value is -3.12. The van der Waals surface area contributed by atoms with Gasteiger partial charge in [-0.05, 0) is 29.1 Å². The first-order chi connectivity index (χ1) is 12.6. The molecular weight excluding hydrogens is 348 g/mol. The summed E-state index contributed by atoms with van der Waals surface area (Å²) >= 11 is 1.31. The fourth-order valence-corrected chi connectivity index (χ4v) is 3.12. The average Bonchev–Trinajstić information content (AvgIpc) is 3.19. The van der Waals surface area contributed by atoms with Crippen molar-refractivity contribution in [1.29, 1.82) is 0 Å². The third-order valence-corrected chi connectivity index (χ3v) is 4.68. The molecule has 0 spiro atoms.